The number of hydrogen-bond donors (Lipinski definition) is 0. The molecular weight excluding hydrogens is 216 g/mol. The second-order valence-electron chi connectivity index (χ2n) is 3.01. The molecular formula is C11H13ClO3. The molecule has 0 aliphatic carbocycles. The van der Waals surface area contributed by atoms with E-state index in [1.54, 1.807) is 24.3 Å². The summed E-state index contributed by atoms with van der Waals surface area (Å²) in [5.41, 5.74) is 0.498. The van der Waals surface area contributed by atoms with E-state index in [4.69, 9.17) is 21.1 Å². The van der Waals surface area contributed by atoms with Gasteiger partial charge in [0.2, 0.25) is 0 Å². The largest absolute Gasteiger partial charge is 0.355 e. The summed E-state index contributed by atoms with van der Waals surface area (Å²) in [6, 6.07) is 6.92. The van der Waals surface area contributed by atoms with Gasteiger partial charge >= 0.3 is 0 Å². The maximum atomic E-state index is 11.7. The van der Waals surface area contributed by atoms with Crippen molar-refractivity contribution >= 4 is 17.4 Å². The van der Waals surface area contributed by atoms with Crippen LogP contribution in [0.5, 0.6) is 0 Å². The van der Waals surface area contributed by atoms with E-state index in [0.717, 1.165) is 0 Å². The highest BCUT2D eigenvalue weighted by molar-refractivity contribution is 6.33. The van der Waals surface area contributed by atoms with E-state index in [9.17, 15) is 4.79 Å². The molecule has 0 fully saturated rings. The van der Waals surface area contributed by atoms with Crippen molar-refractivity contribution in [2.24, 2.45) is 0 Å². The third-order valence-corrected chi connectivity index (χ3v) is 2.38. The molecule has 0 amide bonds. The fourth-order valence-corrected chi connectivity index (χ4v) is 1.45. The fourth-order valence-electron chi connectivity index (χ4n) is 1.21. The molecule has 0 atom stereocenters. The lowest BCUT2D eigenvalue weighted by atomic mass is 10.1. The standard InChI is InChI=1S/C11H13ClO3/c1-14-11(15-2)7-10(13)8-5-3-4-6-9(8)12/h3-6,11H,7H2,1-2H3. The molecule has 0 unspecified atom stereocenters. The Morgan fingerprint density at radius 1 is 1.33 bits per heavy atom. The SMILES string of the molecule is COC(CC(=O)c1ccccc1Cl)OC. The van der Waals surface area contributed by atoms with Crippen molar-refractivity contribution in [2.75, 3.05) is 14.2 Å². The molecule has 0 heterocycles. The number of ether oxygens (including phenoxy) is 2. The Morgan fingerprint density at radius 2 is 1.93 bits per heavy atom. The van der Waals surface area contributed by atoms with Gasteiger partial charge in [0.05, 0.1) is 11.4 Å². The number of Topliss-reactive ketones (excluding diaryl/α,β-unsaturated/α-hetero) is 1. The number of rotatable bonds is 5. The highest BCUT2D eigenvalue weighted by Crippen LogP contribution is 2.17. The average molecular weight is 229 g/mol. The van der Waals surface area contributed by atoms with Gasteiger partial charge in [-0.05, 0) is 12.1 Å². The van der Waals surface area contributed by atoms with Crippen LogP contribution in [0.15, 0.2) is 24.3 Å². The molecule has 0 aromatic heterocycles. The van der Waals surface area contributed by atoms with E-state index < -0.39 is 6.29 Å². The van der Waals surface area contributed by atoms with Crippen molar-refractivity contribution < 1.29 is 14.3 Å². The van der Waals surface area contributed by atoms with E-state index >= 15 is 0 Å². The molecule has 3 nitrogen and oxygen atoms in total. The van der Waals surface area contributed by atoms with Crippen LogP contribution in [0.4, 0.5) is 0 Å². The lowest BCUT2D eigenvalue weighted by Crippen LogP contribution is -2.18. The summed E-state index contributed by atoms with van der Waals surface area (Å²) in [5, 5.41) is 0.452. The van der Waals surface area contributed by atoms with Gasteiger partial charge in [0.1, 0.15) is 0 Å². The van der Waals surface area contributed by atoms with Crippen LogP contribution in [0.1, 0.15) is 16.8 Å². The Morgan fingerprint density at radius 3 is 2.47 bits per heavy atom. The zero-order valence-electron chi connectivity index (χ0n) is 8.70. The minimum absolute atomic E-state index is 0.0886. The Balaban J connectivity index is 2.73. The number of carbonyl (C=O) groups excluding carboxylic acids is 1. The van der Waals surface area contributed by atoms with E-state index in [-0.39, 0.29) is 12.2 Å². The number of methoxy groups -OCH3 is 2. The highest BCUT2D eigenvalue weighted by Gasteiger charge is 2.15. The van der Waals surface area contributed by atoms with E-state index in [1.165, 1.54) is 14.2 Å². The molecule has 15 heavy (non-hydrogen) atoms. The predicted molar refractivity (Wildman–Crippen MR) is 58.2 cm³/mol. The van der Waals surface area contributed by atoms with Crippen LogP contribution < -0.4 is 0 Å². The van der Waals surface area contributed by atoms with Crippen molar-refractivity contribution in [2.45, 2.75) is 12.7 Å². The predicted octanol–water partition coefficient (Wildman–Crippen LogP) is 2.53. The average Bonchev–Trinajstić information content (AvgIpc) is 2.26. The topological polar surface area (TPSA) is 35.5 Å². The minimum Gasteiger partial charge on any atom is -0.355 e. The maximum absolute atomic E-state index is 11.7. The summed E-state index contributed by atoms with van der Waals surface area (Å²) >= 11 is 5.89. The van der Waals surface area contributed by atoms with Crippen molar-refractivity contribution in [3.63, 3.8) is 0 Å². The van der Waals surface area contributed by atoms with Gasteiger partial charge in [-0.3, -0.25) is 4.79 Å². The van der Waals surface area contributed by atoms with Gasteiger partial charge in [0.25, 0.3) is 0 Å². The van der Waals surface area contributed by atoms with Crippen LogP contribution in [0.25, 0.3) is 0 Å². The highest BCUT2D eigenvalue weighted by atomic mass is 35.5. The minimum atomic E-state index is -0.520. The first kappa shape index (κ1) is 12.2. The van der Waals surface area contributed by atoms with Gasteiger partial charge < -0.3 is 9.47 Å². The van der Waals surface area contributed by atoms with Crippen LogP contribution in [0, 0.1) is 0 Å². The summed E-state index contributed by atoms with van der Waals surface area (Å²) in [4.78, 5) is 11.7. The Hall–Kier alpha value is -0.900. The first-order valence-corrected chi connectivity index (χ1v) is 4.90. The first-order valence-electron chi connectivity index (χ1n) is 4.52. The van der Waals surface area contributed by atoms with Crippen LogP contribution in [0.2, 0.25) is 5.02 Å². The zero-order valence-corrected chi connectivity index (χ0v) is 9.45. The third-order valence-electron chi connectivity index (χ3n) is 2.05. The maximum Gasteiger partial charge on any atom is 0.169 e. The Bertz CT molecular complexity index is 334. The Labute approximate surface area is 93.9 Å². The molecule has 1 rings (SSSR count). The summed E-state index contributed by atoms with van der Waals surface area (Å²) in [5.74, 6) is -0.0886. The number of benzene rings is 1. The molecule has 0 bridgehead atoms. The van der Waals surface area contributed by atoms with Gasteiger partial charge in [0, 0.05) is 19.8 Å². The lowest BCUT2D eigenvalue weighted by molar-refractivity contribution is -0.0993. The van der Waals surface area contributed by atoms with Gasteiger partial charge in [-0.2, -0.15) is 0 Å². The quantitative estimate of drug-likeness (QED) is 0.574. The van der Waals surface area contributed by atoms with E-state index in [0.29, 0.717) is 10.6 Å². The second kappa shape index (κ2) is 5.85. The summed E-state index contributed by atoms with van der Waals surface area (Å²) in [6.07, 6.45) is -0.356. The van der Waals surface area contributed by atoms with Gasteiger partial charge in [-0.25, -0.2) is 0 Å². The van der Waals surface area contributed by atoms with Gasteiger partial charge in [-0.1, -0.05) is 23.7 Å². The van der Waals surface area contributed by atoms with Crippen molar-refractivity contribution in [3.8, 4) is 0 Å². The molecule has 0 radical (unpaired) electrons. The lowest BCUT2D eigenvalue weighted by Gasteiger charge is -2.12. The molecule has 0 N–H and O–H groups in total. The summed E-state index contributed by atoms with van der Waals surface area (Å²) < 4.78 is 9.89. The molecule has 1 aromatic carbocycles. The number of ketones is 1. The number of hydrogen-bond acceptors (Lipinski definition) is 3. The second-order valence-corrected chi connectivity index (χ2v) is 3.42. The van der Waals surface area contributed by atoms with E-state index in [1.807, 2.05) is 0 Å². The Kier molecular flexibility index (Phi) is 4.75. The summed E-state index contributed by atoms with van der Waals surface area (Å²) in [7, 11) is 2.99. The van der Waals surface area contributed by atoms with Gasteiger partial charge in [-0.15, -0.1) is 0 Å². The van der Waals surface area contributed by atoms with Crippen molar-refractivity contribution in [3.05, 3.63) is 34.9 Å². The molecule has 0 spiro atoms. The summed E-state index contributed by atoms with van der Waals surface area (Å²) in [6.45, 7) is 0. The molecule has 82 valence electrons. The molecule has 0 saturated carbocycles. The number of carbonyl (C=O) groups is 1. The van der Waals surface area contributed by atoms with Crippen LogP contribution in [-0.4, -0.2) is 26.3 Å². The van der Waals surface area contributed by atoms with Crippen LogP contribution in [0.3, 0.4) is 0 Å². The normalized spacial score (nSPS) is 10.7. The molecule has 1 aromatic rings. The van der Waals surface area contributed by atoms with E-state index in [2.05, 4.69) is 0 Å². The van der Waals surface area contributed by atoms with Crippen LogP contribution in [-0.2, 0) is 9.47 Å². The number of halogens is 1. The van der Waals surface area contributed by atoms with Crippen molar-refractivity contribution in [1.29, 1.82) is 0 Å². The molecule has 0 saturated heterocycles. The molecule has 4 heteroatoms. The van der Waals surface area contributed by atoms with Crippen LogP contribution >= 0.6 is 11.6 Å². The third kappa shape index (κ3) is 3.30. The van der Waals surface area contributed by atoms with Crippen molar-refractivity contribution in [1.82, 2.24) is 0 Å². The zero-order chi connectivity index (χ0) is 11.3. The molecule has 0 aliphatic rings. The monoisotopic (exact) mass is 228 g/mol. The fraction of sp³-hybridized carbons (Fsp3) is 0.364. The molecule has 0 aliphatic heterocycles. The van der Waals surface area contributed by atoms with Gasteiger partial charge in [0.15, 0.2) is 12.1 Å². The first-order chi connectivity index (χ1) is 7.19. The smallest absolute Gasteiger partial charge is 0.169 e.